The van der Waals surface area contributed by atoms with Gasteiger partial charge in [0.25, 0.3) is 0 Å². The minimum absolute atomic E-state index is 0.465. The molecule has 10 aromatic carbocycles. The fraction of sp³-hybridized carbons (Fsp3) is 0. The molecular formula is C64H37N7O. The van der Waals surface area contributed by atoms with E-state index in [0.717, 1.165) is 93.0 Å². The van der Waals surface area contributed by atoms with Crippen LogP contribution in [0.4, 0.5) is 0 Å². The molecular weight excluding hydrogens is 883 g/mol. The standard InChI is InChI=1S/C64H37N7O/c65-38-49-57(69-50-32-13-7-24-41(50)42-25-8-14-33-51(42)69)56-47-30-19-31-48(64-67-62(39-20-3-1-4-21-39)66-63(68-64)40-22-5-2-6-23-40)60(47)72-61(56)59(71-54-36-17-11-28-45(54)46-29-12-18-37-55(46)71)58(49)70-52-34-15-9-26-43(52)44-27-10-16-35-53(44)70/h1-37H. The van der Waals surface area contributed by atoms with Crippen LogP contribution in [0.15, 0.2) is 229 Å². The first-order valence-electron chi connectivity index (χ1n) is 24.0. The Bertz CT molecular complexity index is 4550. The van der Waals surface area contributed by atoms with Crippen molar-refractivity contribution < 1.29 is 4.42 Å². The summed E-state index contributed by atoms with van der Waals surface area (Å²) in [6.45, 7) is 0. The van der Waals surface area contributed by atoms with Gasteiger partial charge in [0.2, 0.25) is 0 Å². The Labute approximate surface area is 411 Å². The highest BCUT2D eigenvalue weighted by Gasteiger charge is 2.33. The summed E-state index contributed by atoms with van der Waals surface area (Å²) in [5.74, 6) is 1.56. The number of para-hydroxylation sites is 7. The summed E-state index contributed by atoms with van der Waals surface area (Å²) in [4.78, 5) is 15.5. The Morgan fingerprint density at radius 1 is 0.319 bits per heavy atom. The lowest BCUT2D eigenvalue weighted by molar-refractivity contribution is 0.666. The van der Waals surface area contributed by atoms with Gasteiger partial charge in [0.05, 0.1) is 55.4 Å². The Kier molecular flexibility index (Phi) is 8.55. The molecule has 0 N–H and O–H groups in total. The molecule has 0 aliphatic carbocycles. The van der Waals surface area contributed by atoms with Gasteiger partial charge in [-0.1, -0.05) is 182 Å². The number of aromatic nitrogens is 6. The van der Waals surface area contributed by atoms with Crippen LogP contribution in [0.5, 0.6) is 0 Å². The lowest BCUT2D eigenvalue weighted by atomic mass is 9.99. The third-order valence-corrected chi connectivity index (χ3v) is 14.3. The second-order valence-electron chi connectivity index (χ2n) is 18.2. The van der Waals surface area contributed by atoms with Gasteiger partial charge in [0.15, 0.2) is 23.1 Å². The third kappa shape index (κ3) is 5.64. The highest BCUT2D eigenvalue weighted by Crippen LogP contribution is 2.50. The fourth-order valence-corrected chi connectivity index (χ4v) is 11.3. The maximum absolute atomic E-state index is 12.4. The van der Waals surface area contributed by atoms with E-state index in [0.29, 0.717) is 51.1 Å². The molecule has 0 aliphatic rings. The van der Waals surface area contributed by atoms with E-state index in [4.69, 9.17) is 19.4 Å². The predicted octanol–water partition coefficient (Wildman–Crippen LogP) is 15.9. The summed E-state index contributed by atoms with van der Waals surface area (Å²) in [5, 5.41) is 20.5. The first kappa shape index (κ1) is 39.9. The Morgan fingerprint density at radius 3 is 1.08 bits per heavy atom. The van der Waals surface area contributed by atoms with Crippen LogP contribution in [0.1, 0.15) is 5.56 Å². The van der Waals surface area contributed by atoms with Crippen molar-refractivity contribution in [2.75, 3.05) is 0 Å². The molecule has 0 radical (unpaired) electrons. The van der Waals surface area contributed by atoms with Gasteiger partial charge < -0.3 is 18.1 Å². The molecule has 0 spiro atoms. The summed E-state index contributed by atoms with van der Waals surface area (Å²) in [6, 6.07) is 80.1. The molecule has 0 aliphatic heterocycles. The average molecular weight is 920 g/mol. The molecule has 72 heavy (non-hydrogen) atoms. The number of nitrogens with zero attached hydrogens (tertiary/aromatic N) is 7. The molecule has 0 unspecified atom stereocenters. The lowest BCUT2D eigenvalue weighted by Crippen LogP contribution is -2.10. The van der Waals surface area contributed by atoms with E-state index in [9.17, 15) is 5.26 Å². The maximum Gasteiger partial charge on any atom is 0.167 e. The van der Waals surface area contributed by atoms with Crippen LogP contribution in [-0.2, 0) is 0 Å². The lowest BCUT2D eigenvalue weighted by Gasteiger charge is -2.22. The van der Waals surface area contributed by atoms with Crippen LogP contribution in [0.25, 0.3) is 139 Å². The molecule has 8 nitrogen and oxygen atoms in total. The van der Waals surface area contributed by atoms with E-state index in [2.05, 4.69) is 171 Å². The summed E-state index contributed by atoms with van der Waals surface area (Å²) in [5.41, 5.74) is 12.1. The van der Waals surface area contributed by atoms with Crippen LogP contribution in [0.2, 0.25) is 0 Å². The first-order chi connectivity index (χ1) is 35.7. The molecule has 0 atom stereocenters. The summed E-state index contributed by atoms with van der Waals surface area (Å²) in [7, 11) is 0. The number of furan rings is 1. The molecule has 15 aromatic rings. The molecule has 0 fully saturated rings. The van der Waals surface area contributed by atoms with Crippen molar-refractivity contribution in [2.45, 2.75) is 0 Å². The molecule has 0 saturated heterocycles. The first-order valence-corrected chi connectivity index (χ1v) is 24.0. The van der Waals surface area contributed by atoms with Crippen molar-refractivity contribution in [3.8, 4) is 57.3 Å². The minimum Gasteiger partial charge on any atom is -0.453 e. The number of fused-ring (bicyclic) bond motifs is 12. The smallest absolute Gasteiger partial charge is 0.167 e. The van der Waals surface area contributed by atoms with Gasteiger partial charge in [0, 0.05) is 48.8 Å². The molecule has 0 bridgehead atoms. The monoisotopic (exact) mass is 919 g/mol. The second-order valence-corrected chi connectivity index (χ2v) is 18.2. The van der Waals surface area contributed by atoms with E-state index in [1.54, 1.807) is 0 Å². The molecule has 334 valence electrons. The highest BCUT2D eigenvalue weighted by atomic mass is 16.3. The quantitative estimate of drug-likeness (QED) is 0.166. The van der Waals surface area contributed by atoms with Crippen molar-refractivity contribution >= 4 is 87.4 Å². The van der Waals surface area contributed by atoms with Crippen LogP contribution >= 0.6 is 0 Å². The van der Waals surface area contributed by atoms with Gasteiger partial charge >= 0.3 is 0 Å². The van der Waals surface area contributed by atoms with Crippen molar-refractivity contribution in [1.29, 1.82) is 5.26 Å². The molecule has 0 amide bonds. The van der Waals surface area contributed by atoms with Gasteiger partial charge in [-0.15, -0.1) is 0 Å². The van der Waals surface area contributed by atoms with Crippen LogP contribution < -0.4 is 0 Å². The zero-order chi connectivity index (χ0) is 47.4. The highest BCUT2D eigenvalue weighted by molar-refractivity contribution is 6.22. The molecule has 15 rings (SSSR count). The predicted molar refractivity (Wildman–Crippen MR) is 291 cm³/mol. The minimum atomic E-state index is 0.465. The topological polar surface area (TPSA) is 90.4 Å². The fourth-order valence-electron chi connectivity index (χ4n) is 11.3. The van der Waals surface area contributed by atoms with Crippen LogP contribution in [0.3, 0.4) is 0 Å². The molecule has 8 heteroatoms. The second kappa shape index (κ2) is 15.5. The van der Waals surface area contributed by atoms with E-state index in [1.807, 2.05) is 72.8 Å². The van der Waals surface area contributed by atoms with Gasteiger partial charge in [-0.05, 0) is 42.5 Å². The summed E-state index contributed by atoms with van der Waals surface area (Å²) < 4.78 is 14.6. The van der Waals surface area contributed by atoms with Gasteiger partial charge in [-0.2, -0.15) is 5.26 Å². The number of hydrogen-bond acceptors (Lipinski definition) is 5. The summed E-state index contributed by atoms with van der Waals surface area (Å²) in [6.07, 6.45) is 0. The zero-order valence-corrected chi connectivity index (χ0v) is 38.4. The normalized spacial score (nSPS) is 11.9. The third-order valence-electron chi connectivity index (χ3n) is 14.3. The maximum atomic E-state index is 12.4. The van der Waals surface area contributed by atoms with E-state index in [1.165, 1.54) is 0 Å². The number of nitriles is 1. The average Bonchev–Trinajstić information content (AvgIpc) is 4.20. The van der Waals surface area contributed by atoms with Crippen molar-refractivity contribution in [3.05, 3.63) is 230 Å². The zero-order valence-electron chi connectivity index (χ0n) is 38.4. The van der Waals surface area contributed by atoms with Crippen molar-refractivity contribution in [2.24, 2.45) is 0 Å². The molecule has 5 heterocycles. The van der Waals surface area contributed by atoms with E-state index < -0.39 is 0 Å². The SMILES string of the molecule is N#Cc1c(-n2c3ccccc3c3ccccc32)c(-n2c3ccccc3c3ccccc32)c2oc3c(-c4nc(-c5ccccc5)nc(-c5ccccc5)n4)cccc3c2c1-n1c2ccccc2c2ccccc21. The summed E-state index contributed by atoms with van der Waals surface area (Å²) >= 11 is 0. The van der Waals surface area contributed by atoms with Crippen LogP contribution in [-0.4, -0.2) is 28.7 Å². The number of rotatable bonds is 6. The Balaban J connectivity index is 1.20. The van der Waals surface area contributed by atoms with Crippen molar-refractivity contribution in [3.63, 3.8) is 0 Å². The Morgan fingerprint density at radius 2 is 0.667 bits per heavy atom. The van der Waals surface area contributed by atoms with Gasteiger partial charge in [0.1, 0.15) is 22.9 Å². The van der Waals surface area contributed by atoms with Gasteiger partial charge in [-0.3, -0.25) is 0 Å². The van der Waals surface area contributed by atoms with E-state index in [-0.39, 0.29) is 0 Å². The Hall–Kier alpha value is -10.1. The number of hydrogen-bond donors (Lipinski definition) is 0. The largest absolute Gasteiger partial charge is 0.453 e. The molecule has 0 saturated carbocycles. The van der Waals surface area contributed by atoms with Crippen LogP contribution in [0, 0.1) is 11.3 Å². The van der Waals surface area contributed by atoms with Gasteiger partial charge in [-0.25, -0.2) is 15.0 Å². The molecule has 5 aromatic heterocycles. The number of benzene rings is 10. The van der Waals surface area contributed by atoms with E-state index >= 15 is 0 Å². The van der Waals surface area contributed by atoms with Crippen molar-refractivity contribution in [1.82, 2.24) is 28.7 Å².